The van der Waals surface area contributed by atoms with E-state index in [4.69, 9.17) is 15.0 Å². The molecule has 0 aliphatic carbocycles. The Hall–Kier alpha value is -6.79. The zero-order valence-corrected chi connectivity index (χ0v) is 28.1. The first-order valence-corrected chi connectivity index (χ1v) is 17.1. The van der Waals surface area contributed by atoms with Gasteiger partial charge in [0, 0.05) is 44.8 Å². The van der Waals surface area contributed by atoms with Crippen LogP contribution in [0.3, 0.4) is 0 Å². The van der Waals surface area contributed by atoms with Crippen molar-refractivity contribution in [2.24, 2.45) is 0 Å². The lowest BCUT2D eigenvalue weighted by molar-refractivity contribution is 0.585. The Kier molecular flexibility index (Phi) is 7.70. The van der Waals surface area contributed by atoms with Crippen LogP contribution in [0.5, 0.6) is 0 Å². The van der Waals surface area contributed by atoms with Crippen molar-refractivity contribution >= 4 is 21.8 Å². The van der Waals surface area contributed by atoms with E-state index in [1.54, 1.807) is 0 Å². The fourth-order valence-corrected chi connectivity index (χ4v) is 7.04. The van der Waals surface area contributed by atoms with Gasteiger partial charge in [0.1, 0.15) is 11.6 Å². The van der Waals surface area contributed by atoms with Gasteiger partial charge >= 0.3 is 0 Å². The summed E-state index contributed by atoms with van der Waals surface area (Å²) in [4.78, 5) is 14.8. The maximum atomic E-state index is 15.9. The van der Waals surface area contributed by atoms with Crippen LogP contribution < -0.4 is 0 Å². The molecule has 9 rings (SSSR count). The first-order valence-electron chi connectivity index (χ1n) is 17.1. The molecular weight excluding hydrogens is 647 g/mol. The number of aryl methyl sites for hydroxylation is 1. The average molecular weight is 677 g/mol. The standard InChI is InChI=1S/C46H30F2N4/c1-29-12-8-9-17-35(29)32-20-23-38-37-18-10-11-19-42(37)52(43(38)26-32)34-22-25-39(40(28-34)36-24-21-33(47)27-41(36)48)46-50-44(30-13-4-2-5-14-30)49-45(51-46)31-15-6-3-7-16-31/h2-28H,1H3. The molecule has 0 N–H and O–H groups in total. The number of rotatable bonds is 6. The number of benzene rings is 7. The van der Waals surface area contributed by atoms with Crippen molar-refractivity contribution in [2.45, 2.75) is 6.92 Å². The number of fused-ring (bicyclic) bond motifs is 3. The summed E-state index contributed by atoms with van der Waals surface area (Å²) in [6.07, 6.45) is 0. The van der Waals surface area contributed by atoms with Gasteiger partial charge in [-0.3, -0.25) is 0 Å². The number of nitrogens with zero attached hydrogens (tertiary/aromatic N) is 4. The molecule has 4 nitrogen and oxygen atoms in total. The van der Waals surface area contributed by atoms with Crippen molar-refractivity contribution in [3.8, 4) is 62.1 Å². The molecule has 0 atom stereocenters. The molecule has 6 heteroatoms. The van der Waals surface area contributed by atoms with Gasteiger partial charge in [0.15, 0.2) is 17.5 Å². The molecule has 0 spiro atoms. The minimum absolute atomic E-state index is 0.238. The number of para-hydroxylation sites is 1. The van der Waals surface area contributed by atoms with Crippen LogP contribution >= 0.6 is 0 Å². The molecule has 0 unspecified atom stereocenters. The number of halogens is 2. The van der Waals surface area contributed by atoms with E-state index >= 15 is 4.39 Å². The summed E-state index contributed by atoms with van der Waals surface area (Å²) >= 11 is 0. The fourth-order valence-electron chi connectivity index (χ4n) is 7.04. The molecule has 9 aromatic rings. The van der Waals surface area contributed by atoms with Gasteiger partial charge in [-0.25, -0.2) is 23.7 Å². The lowest BCUT2D eigenvalue weighted by Crippen LogP contribution is -2.02. The third kappa shape index (κ3) is 5.51. The van der Waals surface area contributed by atoms with Crippen LogP contribution in [0.1, 0.15) is 5.56 Å². The number of hydrogen-bond acceptors (Lipinski definition) is 3. The quantitative estimate of drug-likeness (QED) is 0.176. The van der Waals surface area contributed by atoms with E-state index in [2.05, 4.69) is 60.0 Å². The van der Waals surface area contributed by atoms with Gasteiger partial charge in [0.25, 0.3) is 0 Å². The fraction of sp³-hybridized carbons (Fsp3) is 0.0217. The van der Waals surface area contributed by atoms with Crippen LogP contribution in [-0.4, -0.2) is 19.5 Å². The third-order valence-electron chi connectivity index (χ3n) is 9.55. The van der Waals surface area contributed by atoms with Gasteiger partial charge in [-0.15, -0.1) is 0 Å². The molecule has 7 aromatic carbocycles. The highest BCUT2D eigenvalue weighted by Crippen LogP contribution is 2.40. The molecule has 0 radical (unpaired) electrons. The molecule has 0 aliphatic heterocycles. The molecule has 248 valence electrons. The van der Waals surface area contributed by atoms with Crippen LogP contribution in [0, 0.1) is 18.6 Å². The SMILES string of the molecule is Cc1ccccc1-c1ccc2c3ccccc3n(-c3ccc(-c4nc(-c5ccccc5)nc(-c5ccccc5)n4)c(-c4ccc(F)cc4F)c3)c2c1. The average Bonchev–Trinajstić information content (AvgIpc) is 3.52. The molecular formula is C46H30F2N4. The second kappa shape index (κ2) is 12.8. The summed E-state index contributed by atoms with van der Waals surface area (Å²) in [6.45, 7) is 2.12. The van der Waals surface area contributed by atoms with E-state index < -0.39 is 11.6 Å². The lowest BCUT2D eigenvalue weighted by Gasteiger charge is -2.16. The highest BCUT2D eigenvalue weighted by atomic mass is 19.1. The summed E-state index contributed by atoms with van der Waals surface area (Å²) < 4.78 is 32.4. The maximum absolute atomic E-state index is 15.9. The first-order chi connectivity index (χ1) is 25.5. The van der Waals surface area contributed by atoms with Crippen LogP contribution in [0.2, 0.25) is 0 Å². The summed E-state index contributed by atoms with van der Waals surface area (Å²) in [5, 5.41) is 2.20. The zero-order chi connectivity index (χ0) is 35.2. The lowest BCUT2D eigenvalue weighted by atomic mass is 9.97. The normalized spacial score (nSPS) is 11.4. The molecule has 0 amide bonds. The monoisotopic (exact) mass is 676 g/mol. The molecule has 52 heavy (non-hydrogen) atoms. The first kappa shape index (κ1) is 31.2. The Morgan fingerprint density at radius 2 is 1.04 bits per heavy atom. The van der Waals surface area contributed by atoms with E-state index in [-0.39, 0.29) is 5.56 Å². The highest BCUT2D eigenvalue weighted by molar-refractivity contribution is 6.10. The Labute approximate surface area is 299 Å². The van der Waals surface area contributed by atoms with E-state index in [1.165, 1.54) is 17.7 Å². The molecule has 2 heterocycles. The van der Waals surface area contributed by atoms with Gasteiger partial charge in [-0.1, -0.05) is 115 Å². The predicted molar refractivity (Wildman–Crippen MR) is 206 cm³/mol. The Bertz CT molecular complexity index is 2720. The Balaban J connectivity index is 1.31. The van der Waals surface area contributed by atoms with Crippen molar-refractivity contribution < 1.29 is 8.78 Å². The second-order valence-corrected chi connectivity index (χ2v) is 12.8. The molecule has 0 fully saturated rings. The Morgan fingerprint density at radius 3 is 1.75 bits per heavy atom. The topological polar surface area (TPSA) is 43.6 Å². The maximum Gasteiger partial charge on any atom is 0.164 e. The van der Waals surface area contributed by atoms with Crippen molar-refractivity contribution in [1.82, 2.24) is 19.5 Å². The van der Waals surface area contributed by atoms with E-state index in [9.17, 15) is 4.39 Å². The molecule has 2 aromatic heterocycles. The van der Waals surface area contributed by atoms with Crippen LogP contribution in [0.4, 0.5) is 8.78 Å². The van der Waals surface area contributed by atoms with Crippen molar-refractivity contribution in [3.63, 3.8) is 0 Å². The Morgan fingerprint density at radius 1 is 0.423 bits per heavy atom. The minimum Gasteiger partial charge on any atom is -0.309 e. The highest BCUT2D eigenvalue weighted by Gasteiger charge is 2.21. The van der Waals surface area contributed by atoms with Crippen LogP contribution in [0.15, 0.2) is 164 Å². The van der Waals surface area contributed by atoms with Crippen molar-refractivity contribution in [2.75, 3.05) is 0 Å². The third-order valence-corrected chi connectivity index (χ3v) is 9.55. The zero-order valence-electron chi connectivity index (χ0n) is 28.1. The van der Waals surface area contributed by atoms with Gasteiger partial charge in [0.2, 0.25) is 0 Å². The van der Waals surface area contributed by atoms with E-state index in [0.717, 1.165) is 55.8 Å². The van der Waals surface area contributed by atoms with Gasteiger partial charge in [-0.2, -0.15) is 0 Å². The largest absolute Gasteiger partial charge is 0.309 e. The van der Waals surface area contributed by atoms with Crippen molar-refractivity contribution in [1.29, 1.82) is 0 Å². The predicted octanol–water partition coefficient (Wildman–Crippen LogP) is 11.9. The summed E-state index contributed by atoms with van der Waals surface area (Å²) in [6, 6.07) is 52.2. The van der Waals surface area contributed by atoms with Crippen molar-refractivity contribution in [3.05, 3.63) is 181 Å². The number of aromatic nitrogens is 4. The molecule has 0 saturated carbocycles. The van der Waals surface area contributed by atoms with Crippen LogP contribution in [0.25, 0.3) is 83.9 Å². The summed E-state index contributed by atoms with van der Waals surface area (Å²) in [7, 11) is 0. The second-order valence-electron chi connectivity index (χ2n) is 12.8. The smallest absolute Gasteiger partial charge is 0.164 e. The van der Waals surface area contributed by atoms with E-state index in [0.29, 0.717) is 28.6 Å². The van der Waals surface area contributed by atoms with E-state index in [1.807, 2.05) is 97.1 Å². The van der Waals surface area contributed by atoms with Gasteiger partial charge in [-0.05, 0) is 71.6 Å². The molecule has 0 aliphatic rings. The number of hydrogen-bond donors (Lipinski definition) is 0. The minimum atomic E-state index is -0.678. The van der Waals surface area contributed by atoms with Gasteiger partial charge < -0.3 is 4.57 Å². The summed E-state index contributed by atoms with van der Waals surface area (Å²) in [5.74, 6) is 0.0310. The van der Waals surface area contributed by atoms with Gasteiger partial charge in [0.05, 0.1) is 11.0 Å². The van der Waals surface area contributed by atoms with Crippen LogP contribution in [-0.2, 0) is 0 Å². The summed E-state index contributed by atoms with van der Waals surface area (Å²) in [5.41, 5.74) is 9.28. The molecule has 0 saturated heterocycles. The molecule has 0 bridgehead atoms.